The van der Waals surface area contributed by atoms with Crippen LogP contribution in [0.1, 0.15) is 5.56 Å². The molecule has 1 aromatic heterocycles. The van der Waals surface area contributed by atoms with Crippen molar-refractivity contribution in [2.45, 2.75) is 18.7 Å². The van der Waals surface area contributed by atoms with Crippen molar-refractivity contribution in [1.82, 2.24) is 13.6 Å². The summed E-state index contributed by atoms with van der Waals surface area (Å²) in [4.78, 5) is 13.7. The average molecular weight is 328 g/mol. The number of aromatic nitrogens is 2. The molecule has 112 valence electrons. The van der Waals surface area contributed by atoms with Crippen LogP contribution in [0.15, 0.2) is 18.2 Å². The Hall–Kier alpha value is -1.28. The standard InChI is InChI=1S/C13H14ClN3O3S/c14-4-12(19)17(10-6-20-7-11(10)18)5-8-2-1-3-9-13(8)16-21-15-9/h1-3,10-11,18H,4-7H2/t10-,11-/m1/s1. The Balaban J connectivity index is 1.90. The van der Waals surface area contributed by atoms with Crippen LogP contribution in [-0.2, 0) is 16.1 Å². The van der Waals surface area contributed by atoms with Crippen molar-refractivity contribution in [3.05, 3.63) is 23.8 Å². The maximum absolute atomic E-state index is 12.1. The lowest BCUT2D eigenvalue weighted by Crippen LogP contribution is -2.46. The number of rotatable bonds is 4. The predicted molar refractivity (Wildman–Crippen MR) is 79.3 cm³/mol. The molecule has 1 N–H and O–H groups in total. The second-order valence-corrected chi connectivity index (χ2v) is 5.67. The molecule has 0 aliphatic carbocycles. The molecule has 0 saturated carbocycles. The van der Waals surface area contributed by atoms with Crippen LogP contribution in [-0.4, -0.2) is 55.9 Å². The summed E-state index contributed by atoms with van der Waals surface area (Å²) in [5.74, 6) is -0.361. The number of amides is 1. The lowest BCUT2D eigenvalue weighted by molar-refractivity contribution is -0.133. The number of aliphatic hydroxyl groups is 1. The molecule has 1 amide bonds. The lowest BCUT2D eigenvalue weighted by atomic mass is 10.1. The first-order valence-electron chi connectivity index (χ1n) is 6.52. The highest BCUT2D eigenvalue weighted by Crippen LogP contribution is 2.22. The van der Waals surface area contributed by atoms with Crippen molar-refractivity contribution in [3.8, 4) is 0 Å². The number of carbonyl (C=O) groups excluding carboxylic acids is 1. The highest BCUT2D eigenvalue weighted by atomic mass is 35.5. The number of carbonyl (C=O) groups is 1. The molecule has 1 fully saturated rings. The maximum atomic E-state index is 12.1. The van der Waals surface area contributed by atoms with Gasteiger partial charge in [0.05, 0.1) is 37.1 Å². The van der Waals surface area contributed by atoms with Crippen LogP contribution >= 0.6 is 23.3 Å². The van der Waals surface area contributed by atoms with E-state index in [9.17, 15) is 9.90 Å². The van der Waals surface area contributed by atoms with Gasteiger partial charge in [0.1, 0.15) is 16.9 Å². The van der Waals surface area contributed by atoms with Gasteiger partial charge in [-0.1, -0.05) is 12.1 Å². The van der Waals surface area contributed by atoms with Gasteiger partial charge in [-0.05, 0) is 6.07 Å². The Morgan fingerprint density at radius 3 is 3.05 bits per heavy atom. The van der Waals surface area contributed by atoms with Crippen LogP contribution in [0.2, 0.25) is 0 Å². The maximum Gasteiger partial charge on any atom is 0.238 e. The van der Waals surface area contributed by atoms with Crippen LogP contribution in [0, 0.1) is 0 Å². The third-order valence-corrected chi connectivity index (χ3v) is 4.34. The Morgan fingerprint density at radius 2 is 2.33 bits per heavy atom. The molecule has 1 saturated heterocycles. The Labute approximate surface area is 130 Å². The summed E-state index contributed by atoms with van der Waals surface area (Å²) in [5, 5.41) is 9.97. The van der Waals surface area contributed by atoms with Crippen molar-refractivity contribution in [1.29, 1.82) is 0 Å². The number of hydrogen-bond acceptors (Lipinski definition) is 6. The van der Waals surface area contributed by atoms with Crippen molar-refractivity contribution in [2.75, 3.05) is 19.1 Å². The minimum Gasteiger partial charge on any atom is -0.388 e. The first kappa shape index (κ1) is 14.6. The molecule has 2 heterocycles. The van der Waals surface area contributed by atoms with Crippen LogP contribution < -0.4 is 0 Å². The fourth-order valence-corrected chi connectivity index (χ4v) is 3.19. The number of benzene rings is 1. The van der Waals surface area contributed by atoms with E-state index in [1.165, 1.54) is 0 Å². The largest absolute Gasteiger partial charge is 0.388 e. The first-order chi connectivity index (χ1) is 10.2. The fraction of sp³-hybridized carbons (Fsp3) is 0.462. The van der Waals surface area contributed by atoms with Gasteiger partial charge in [0, 0.05) is 12.1 Å². The smallest absolute Gasteiger partial charge is 0.238 e. The highest BCUT2D eigenvalue weighted by Gasteiger charge is 2.34. The van der Waals surface area contributed by atoms with Crippen LogP contribution in [0.4, 0.5) is 0 Å². The summed E-state index contributed by atoms with van der Waals surface area (Å²) >= 11 is 6.83. The topological polar surface area (TPSA) is 75.6 Å². The quantitative estimate of drug-likeness (QED) is 0.849. The zero-order valence-electron chi connectivity index (χ0n) is 11.1. The fourth-order valence-electron chi connectivity index (χ4n) is 2.47. The number of nitrogens with zero attached hydrogens (tertiary/aromatic N) is 3. The van der Waals surface area contributed by atoms with E-state index in [4.69, 9.17) is 16.3 Å². The molecule has 2 aromatic rings. The minimum atomic E-state index is -0.690. The van der Waals surface area contributed by atoms with Gasteiger partial charge < -0.3 is 14.7 Å². The molecule has 21 heavy (non-hydrogen) atoms. The van der Waals surface area contributed by atoms with Crippen molar-refractivity contribution >= 4 is 40.3 Å². The lowest BCUT2D eigenvalue weighted by Gasteiger charge is -2.29. The second kappa shape index (κ2) is 6.23. The van der Waals surface area contributed by atoms with Crippen molar-refractivity contribution in [2.24, 2.45) is 0 Å². The molecule has 0 unspecified atom stereocenters. The number of hydrogen-bond donors (Lipinski definition) is 1. The summed E-state index contributed by atoms with van der Waals surface area (Å²) in [7, 11) is 0. The average Bonchev–Trinajstić information content (AvgIpc) is 3.13. The van der Waals surface area contributed by atoms with E-state index >= 15 is 0 Å². The molecular weight excluding hydrogens is 314 g/mol. The molecule has 0 spiro atoms. The Bertz CT molecular complexity index is 650. The van der Waals surface area contributed by atoms with Gasteiger partial charge in [0.25, 0.3) is 0 Å². The van der Waals surface area contributed by atoms with E-state index in [0.29, 0.717) is 13.2 Å². The number of alkyl halides is 1. The van der Waals surface area contributed by atoms with Crippen molar-refractivity contribution < 1.29 is 14.6 Å². The van der Waals surface area contributed by atoms with E-state index in [1.54, 1.807) is 4.90 Å². The molecule has 1 aliphatic heterocycles. The molecule has 3 rings (SSSR count). The number of aliphatic hydroxyl groups excluding tert-OH is 1. The Morgan fingerprint density at radius 1 is 1.48 bits per heavy atom. The predicted octanol–water partition coefficient (Wildman–Crippen LogP) is 1.02. The third kappa shape index (κ3) is 2.87. The second-order valence-electron chi connectivity index (χ2n) is 4.88. The number of ether oxygens (including phenoxy) is 1. The monoisotopic (exact) mass is 327 g/mol. The molecule has 0 radical (unpaired) electrons. The molecule has 1 aromatic carbocycles. The van der Waals surface area contributed by atoms with E-state index in [-0.39, 0.29) is 24.4 Å². The summed E-state index contributed by atoms with van der Waals surface area (Å²) < 4.78 is 13.7. The van der Waals surface area contributed by atoms with Crippen molar-refractivity contribution in [3.63, 3.8) is 0 Å². The van der Waals surface area contributed by atoms with Gasteiger partial charge in [-0.15, -0.1) is 11.6 Å². The van der Waals surface area contributed by atoms with Gasteiger partial charge in [-0.2, -0.15) is 8.75 Å². The van der Waals surface area contributed by atoms with Gasteiger partial charge >= 0.3 is 0 Å². The zero-order valence-corrected chi connectivity index (χ0v) is 12.7. The van der Waals surface area contributed by atoms with Gasteiger partial charge in [0.15, 0.2) is 0 Å². The zero-order chi connectivity index (χ0) is 14.8. The van der Waals surface area contributed by atoms with E-state index in [2.05, 4.69) is 8.75 Å². The molecule has 0 bridgehead atoms. The normalized spacial score (nSPS) is 21.8. The summed E-state index contributed by atoms with van der Waals surface area (Å²) in [6.07, 6.45) is -0.690. The molecule has 6 nitrogen and oxygen atoms in total. The Kier molecular flexibility index (Phi) is 4.34. The van der Waals surface area contributed by atoms with E-state index in [1.807, 2.05) is 18.2 Å². The molecule has 2 atom stereocenters. The minimum absolute atomic E-state index is 0.130. The third-order valence-electron chi connectivity index (χ3n) is 3.57. The van der Waals surface area contributed by atoms with Crippen LogP contribution in [0.5, 0.6) is 0 Å². The summed E-state index contributed by atoms with van der Waals surface area (Å²) in [6.45, 7) is 0.883. The van der Waals surface area contributed by atoms with E-state index in [0.717, 1.165) is 28.3 Å². The highest BCUT2D eigenvalue weighted by molar-refractivity contribution is 7.00. The van der Waals surface area contributed by atoms with Gasteiger partial charge in [-0.25, -0.2) is 0 Å². The van der Waals surface area contributed by atoms with Crippen LogP contribution in [0.25, 0.3) is 11.0 Å². The molecule has 1 aliphatic rings. The van der Waals surface area contributed by atoms with Gasteiger partial charge in [0.2, 0.25) is 5.91 Å². The first-order valence-corrected chi connectivity index (χ1v) is 7.78. The summed E-state index contributed by atoms with van der Waals surface area (Å²) in [5.41, 5.74) is 2.47. The van der Waals surface area contributed by atoms with E-state index < -0.39 is 6.10 Å². The molecular formula is C13H14ClN3O3S. The van der Waals surface area contributed by atoms with Crippen LogP contribution in [0.3, 0.4) is 0 Å². The summed E-state index contributed by atoms with van der Waals surface area (Å²) in [6, 6.07) is 5.28. The number of fused-ring (bicyclic) bond motifs is 1. The number of halogens is 1. The SMILES string of the molecule is O=C(CCl)N(Cc1cccc2nsnc12)[C@@H]1COC[C@H]1O. The van der Waals surface area contributed by atoms with Gasteiger partial charge in [-0.3, -0.25) is 4.79 Å². The molecule has 8 heteroatoms.